The van der Waals surface area contributed by atoms with E-state index in [1.54, 1.807) is 0 Å². The molecule has 6 heteroatoms. The molecule has 0 radical (unpaired) electrons. The molecular formula is C23H46N2O4. The molecule has 0 atom stereocenters. The van der Waals surface area contributed by atoms with E-state index in [4.69, 9.17) is 9.47 Å². The van der Waals surface area contributed by atoms with Crippen LogP contribution in [-0.4, -0.2) is 43.9 Å². The van der Waals surface area contributed by atoms with Crippen LogP contribution in [0.3, 0.4) is 0 Å². The Balaban J connectivity index is 3.29. The van der Waals surface area contributed by atoms with Gasteiger partial charge in [0, 0.05) is 13.0 Å². The van der Waals surface area contributed by atoms with Crippen molar-refractivity contribution in [2.45, 2.75) is 110 Å². The van der Waals surface area contributed by atoms with Gasteiger partial charge in [-0.05, 0) is 53.1 Å². The zero-order valence-electron chi connectivity index (χ0n) is 19.4. The number of carbonyl (C=O) groups excluding carboxylic acids is 2. The SMILES string of the molecule is CCCCCCCCCCCOC(=O)CCCNCCCNC(=O)OC(C)(C)C. The van der Waals surface area contributed by atoms with Gasteiger partial charge in [-0.1, -0.05) is 58.3 Å². The molecule has 0 aliphatic rings. The molecule has 0 heterocycles. The summed E-state index contributed by atoms with van der Waals surface area (Å²) >= 11 is 0. The second-order valence-corrected chi connectivity index (χ2v) is 8.68. The normalized spacial score (nSPS) is 11.3. The van der Waals surface area contributed by atoms with Gasteiger partial charge in [0.25, 0.3) is 0 Å². The Morgan fingerprint density at radius 1 is 0.759 bits per heavy atom. The number of alkyl carbamates (subject to hydrolysis) is 1. The monoisotopic (exact) mass is 414 g/mol. The summed E-state index contributed by atoms with van der Waals surface area (Å²) in [6.07, 6.45) is 13.1. The molecule has 0 bridgehead atoms. The molecule has 6 nitrogen and oxygen atoms in total. The minimum absolute atomic E-state index is 0.0991. The maximum absolute atomic E-state index is 11.7. The van der Waals surface area contributed by atoms with Crippen molar-refractivity contribution in [3.05, 3.63) is 0 Å². The highest BCUT2D eigenvalue weighted by molar-refractivity contribution is 5.69. The van der Waals surface area contributed by atoms with Gasteiger partial charge >= 0.3 is 12.1 Å². The predicted molar refractivity (Wildman–Crippen MR) is 119 cm³/mol. The van der Waals surface area contributed by atoms with Crippen LogP contribution in [0.2, 0.25) is 0 Å². The highest BCUT2D eigenvalue weighted by Crippen LogP contribution is 2.09. The number of hydrogen-bond acceptors (Lipinski definition) is 5. The Morgan fingerprint density at radius 3 is 1.97 bits per heavy atom. The Kier molecular flexibility index (Phi) is 17.9. The lowest BCUT2D eigenvalue weighted by Gasteiger charge is -2.19. The zero-order valence-corrected chi connectivity index (χ0v) is 19.4. The molecule has 0 saturated heterocycles. The lowest BCUT2D eigenvalue weighted by atomic mass is 10.1. The van der Waals surface area contributed by atoms with Gasteiger partial charge in [-0.25, -0.2) is 4.79 Å². The van der Waals surface area contributed by atoms with Crippen molar-refractivity contribution in [2.24, 2.45) is 0 Å². The number of nitrogens with one attached hydrogen (secondary N) is 2. The number of rotatable bonds is 18. The fraction of sp³-hybridized carbons (Fsp3) is 0.913. The first-order chi connectivity index (χ1) is 13.8. The van der Waals surface area contributed by atoms with Crippen molar-refractivity contribution >= 4 is 12.1 Å². The molecular weight excluding hydrogens is 368 g/mol. The molecule has 29 heavy (non-hydrogen) atoms. The number of esters is 1. The first kappa shape index (κ1) is 27.7. The number of ether oxygens (including phenoxy) is 2. The fourth-order valence-corrected chi connectivity index (χ4v) is 2.87. The molecule has 0 saturated carbocycles. The quantitative estimate of drug-likeness (QED) is 0.234. The summed E-state index contributed by atoms with van der Waals surface area (Å²) in [5, 5.41) is 6.00. The van der Waals surface area contributed by atoms with Gasteiger partial charge in [0.1, 0.15) is 5.60 Å². The Hall–Kier alpha value is -1.30. The Morgan fingerprint density at radius 2 is 1.34 bits per heavy atom. The van der Waals surface area contributed by atoms with Crippen LogP contribution >= 0.6 is 0 Å². The molecule has 0 aromatic carbocycles. The third-order valence-corrected chi connectivity index (χ3v) is 4.44. The topological polar surface area (TPSA) is 76.7 Å². The van der Waals surface area contributed by atoms with E-state index in [0.29, 0.717) is 19.6 Å². The van der Waals surface area contributed by atoms with E-state index in [9.17, 15) is 9.59 Å². The van der Waals surface area contributed by atoms with E-state index in [2.05, 4.69) is 17.6 Å². The van der Waals surface area contributed by atoms with Crippen LogP contribution in [-0.2, 0) is 14.3 Å². The van der Waals surface area contributed by atoms with Gasteiger partial charge < -0.3 is 20.1 Å². The van der Waals surface area contributed by atoms with Crippen LogP contribution in [0.25, 0.3) is 0 Å². The molecule has 0 aromatic rings. The van der Waals surface area contributed by atoms with E-state index in [-0.39, 0.29) is 12.1 Å². The second kappa shape index (κ2) is 18.7. The van der Waals surface area contributed by atoms with Crippen LogP contribution in [0.5, 0.6) is 0 Å². The second-order valence-electron chi connectivity index (χ2n) is 8.68. The van der Waals surface area contributed by atoms with Crippen LogP contribution in [0.4, 0.5) is 4.79 Å². The van der Waals surface area contributed by atoms with Crippen LogP contribution in [0.1, 0.15) is 105 Å². The molecule has 0 aromatic heterocycles. The van der Waals surface area contributed by atoms with Crippen molar-refractivity contribution in [1.29, 1.82) is 0 Å². The van der Waals surface area contributed by atoms with E-state index in [1.165, 1.54) is 44.9 Å². The summed E-state index contributed by atoms with van der Waals surface area (Å²) in [7, 11) is 0. The minimum atomic E-state index is -0.467. The third kappa shape index (κ3) is 22.8. The highest BCUT2D eigenvalue weighted by atomic mass is 16.6. The van der Waals surface area contributed by atoms with Crippen molar-refractivity contribution in [3.63, 3.8) is 0 Å². The molecule has 0 aliphatic heterocycles. The molecule has 0 aliphatic carbocycles. The van der Waals surface area contributed by atoms with Crippen molar-refractivity contribution < 1.29 is 19.1 Å². The van der Waals surface area contributed by atoms with Gasteiger partial charge in [0.15, 0.2) is 0 Å². The summed E-state index contributed by atoms with van der Waals surface area (Å²) in [6, 6.07) is 0. The maximum atomic E-state index is 11.7. The average Bonchev–Trinajstić information content (AvgIpc) is 2.64. The van der Waals surface area contributed by atoms with Crippen molar-refractivity contribution in [3.8, 4) is 0 Å². The van der Waals surface area contributed by atoms with Gasteiger partial charge in [0.2, 0.25) is 0 Å². The first-order valence-corrected chi connectivity index (χ1v) is 11.7. The molecule has 0 fully saturated rings. The fourth-order valence-electron chi connectivity index (χ4n) is 2.87. The smallest absolute Gasteiger partial charge is 0.407 e. The van der Waals surface area contributed by atoms with Crippen LogP contribution in [0.15, 0.2) is 0 Å². The number of hydrogen-bond donors (Lipinski definition) is 2. The summed E-state index contributed by atoms with van der Waals surface area (Å²) in [6.45, 7) is 10.5. The molecule has 1 amide bonds. The third-order valence-electron chi connectivity index (χ3n) is 4.44. The molecule has 0 spiro atoms. The number of unbranched alkanes of at least 4 members (excludes halogenated alkanes) is 8. The predicted octanol–water partition coefficient (Wildman–Crippen LogP) is 5.35. The van der Waals surface area contributed by atoms with Gasteiger partial charge in [-0.3, -0.25) is 4.79 Å². The van der Waals surface area contributed by atoms with Crippen LogP contribution < -0.4 is 10.6 Å². The van der Waals surface area contributed by atoms with Gasteiger partial charge in [-0.2, -0.15) is 0 Å². The van der Waals surface area contributed by atoms with E-state index in [1.807, 2.05) is 20.8 Å². The standard InChI is InChI=1S/C23H46N2O4/c1-5-6-7-8-9-10-11-12-13-20-28-21(26)16-14-17-24-18-15-19-25-22(27)29-23(2,3)4/h24H,5-20H2,1-4H3,(H,25,27). The lowest BCUT2D eigenvalue weighted by Crippen LogP contribution is -2.34. The van der Waals surface area contributed by atoms with Crippen molar-refractivity contribution in [2.75, 3.05) is 26.2 Å². The average molecular weight is 415 g/mol. The zero-order chi connectivity index (χ0) is 21.8. The van der Waals surface area contributed by atoms with E-state index in [0.717, 1.165) is 38.8 Å². The van der Waals surface area contributed by atoms with E-state index >= 15 is 0 Å². The van der Waals surface area contributed by atoms with Crippen LogP contribution in [0, 0.1) is 0 Å². The lowest BCUT2D eigenvalue weighted by molar-refractivity contribution is -0.143. The number of carbonyl (C=O) groups is 2. The molecule has 2 N–H and O–H groups in total. The van der Waals surface area contributed by atoms with Crippen molar-refractivity contribution in [1.82, 2.24) is 10.6 Å². The first-order valence-electron chi connectivity index (χ1n) is 11.7. The Bertz CT molecular complexity index is 408. The van der Waals surface area contributed by atoms with Gasteiger partial charge in [-0.15, -0.1) is 0 Å². The van der Waals surface area contributed by atoms with E-state index < -0.39 is 5.60 Å². The molecule has 172 valence electrons. The summed E-state index contributed by atoms with van der Waals surface area (Å²) < 4.78 is 10.4. The summed E-state index contributed by atoms with van der Waals surface area (Å²) in [5.74, 6) is -0.0991. The maximum Gasteiger partial charge on any atom is 0.407 e. The minimum Gasteiger partial charge on any atom is -0.466 e. The highest BCUT2D eigenvalue weighted by Gasteiger charge is 2.15. The molecule has 0 unspecified atom stereocenters. The Labute approximate surface area is 178 Å². The number of amides is 1. The largest absolute Gasteiger partial charge is 0.466 e. The summed E-state index contributed by atoms with van der Waals surface area (Å²) in [4.78, 5) is 23.2. The molecule has 0 rings (SSSR count). The van der Waals surface area contributed by atoms with Gasteiger partial charge in [0.05, 0.1) is 6.61 Å². The summed E-state index contributed by atoms with van der Waals surface area (Å²) in [5.41, 5.74) is -0.467.